The fraction of sp³-hybridized carbons (Fsp3) is 0.667. The van der Waals surface area contributed by atoms with E-state index < -0.39 is 0 Å². The highest BCUT2D eigenvalue weighted by molar-refractivity contribution is 5.80. The average molecular weight is 357 g/mol. The number of para-hydroxylation sites is 1. The number of hydrogen-bond donors (Lipinski definition) is 2. The predicted octanol–water partition coefficient (Wildman–Crippen LogP) is 2.91. The Morgan fingerprint density at radius 2 is 1.88 bits per heavy atom. The number of ether oxygens (including phenoxy) is 1. The second-order valence-electron chi connectivity index (χ2n) is 7.89. The Bertz CT molecular complexity index is 616. The molecular weight excluding hydrogens is 324 g/mol. The summed E-state index contributed by atoms with van der Waals surface area (Å²) in [5, 5.41) is 7.08. The van der Waals surface area contributed by atoms with Crippen molar-refractivity contribution in [3.05, 3.63) is 29.8 Å². The molecule has 2 N–H and O–H groups in total. The van der Waals surface area contributed by atoms with Crippen molar-refractivity contribution in [1.29, 1.82) is 0 Å². The number of nitrogens with one attached hydrogen (secondary N) is 2. The van der Waals surface area contributed by atoms with Gasteiger partial charge >= 0.3 is 0 Å². The lowest BCUT2D eigenvalue weighted by atomic mass is 9.96. The lowest BCUT2D eigenvalue weighted by Crippen LogP contribution is -2.48. The van der Waals surface area contributed by atoms with Crippen LogP contribution in [0, 0.1) is 0 Å². The molecule has 5 nitrogen and oxygen atoms in total. The van der Waals surface area contributed by atoms with Crippen molar-refractivity contribution < 1.29 is 4.74 Å². The molecule has 0 atom stereocenters. The largest absolute Gasteiger partial charge is 0.490 e. The van der Waals surface area contributed by atoms with Crippen LogP contribution in [0.2, 0.25) is 0 Å². The third-order valence-corrected chi connectivity index (χ3v) is 5.92. The van der Waals surface area contributed by atoms with Gasteiger partial charge in [0.1, 0.15) is 5.75 Å². The van der Waals surface area contributed by atoms with Crippen molar-refractivity contribution in [1.82, 2.24) is 15.5 Å². The molecule has 0 radical (unpaired) electrons. The normalized spacial score (nSPS) is 22.7. The molecule has 0 bridgehead atoms. The summed E-state index contributed by atoms with van der Waals surface area (Å²) >= 11 is 0. The molecule has 3 aliphatic rings. The summed E-state index contributed by atoms with van der Waals surface area (Å²) in [6.07, 6.45) is 9.30. The van der Waals surface area contributed by atoms with Crippen LogP contribution in [0.4, 0.5) is 0 Å². The molecule has 1 heterocycles. The Hall–Kier alpha value is -1.75. The predicted molar refractivity (Wildman–Crippen MR) is 106 cm³/mol. The van der Waals surface area contributed by atoms with E-state index in [0.29, 0.717) is 12.1 Å². The van der Waals surface area contributed by atoms with Crippen LogP contribution in [0.1, 0.15) is 50.5 Å². The van der Waals surface area contributed by atoms with Crippen molar-refractivity contribution in [2.24, 2.45) is 4.99 Å². The summed E-state index contributed by atoms with van der Waals surface area (Å²) in [6.45, 7) is 3.18. The van der Waals surface area contributed by atoms with Crippen LogP contribution in [0.3, 0.4) is 0 Å². The SMILES string of the molecule is CN=C(NCc1ccccc1OC1CCC1)NC1CCN(C2CC2)CC1. The van der Waals surface area contributed by atoms with Gasteiger partial charge in [0.2, 0.25) is 0 Å². The molecule has 1 saturated heterocycles. The number of rotatable bonds is 6. The van der Waals surface area contributed by atoms with Crippen molar-refractivity contribution in [2.45, 2.75) is 69.7 Å². The monoisotopic (exact) mass is 356 g/mol. The summed E-state index contributed by atoms with van der Waals surface area (Å²) in [5.74, 6) is 1.91. The zero-order chi connectivity index (χ0) is 17.8. The van der Waals surface area contributed by atoms with Gasteiger partial charge in [-0.15, -0.1) is 0 Å². The highest BCUT2D eigenvalue weighted by Crippen LogP contribution is 2.29. The fourth-order valence-electron chi connectivity index (χ4n) is 3.85. The third-order valence-electron chi connectivity index (χ3n) is 5.92. The number of nitrogens with zero attached hydrogens (tertiary/aromatic N) is 2. The van der Waals surface area contributed by atoms with Crippen molar-refractivity contribution in [2.75, 3.05) is 20.1 Å². The summed E-state index contributed by atoms with van der Waals surface area (Å²) in [7, 11) is 1.85. The number of aliphatic imine (C=N–C) groups is 1. The van der Waals surface area contributed by atoms with E-state index in [4.69, 9.17) is 4.74 Å². The van der Waals surface area contributed by atoms with Crippen molar-refractivity contribution in [3.8, 4) is 5.75 Å². The highest BCUT2D eigenvalue weighted by atomic mass is 16.5. The molecule has 142 valence electrons. The molecule has 26 heavy (non-hydrogen) atoms. The van der Waals surface area contributed by atoms with Gasteiger partial charge in [-0.25, -0.2) is 0 Å². The zero-order valence-corrected chi connectivity index (χ0v) is 15.9. The number of likely N-dealkylation sites (tertiary alicyclic amines) is 1. The molecule has 0 aromatic heterocycles. The summed E-state index contributed by atoms with van der Waals surface area (Å²) < 4.78 is 6.13. The summed E-state index contributed by atoms with van der Waals surface area (Å²) in [6, 6.07) is 9.77. The zero-order valence-electron chi connectivity index (χ0n) is 15.9. The Morgan fingerprint density at radius 3 is 2.54 bits per heavy atom. The van der Waals surface area contributed by atoms with Gasteiger partial charge in [0.05, 0.1) is 6.10 Å². The molecule has 1 aromatic rings. The van der Waals surface area contributed by atoms with Crippen LogP contribution in [-0.2, 0) is 6.54 Å². The Balaban J connectivity index is 1.26. The maximum atomic E-state index is 6.13. The van der Waals surface area contributed by atoms with E-state index >= 15 is 0 Å². The van der Waals surface area contributed by atoms with Crippen LogP contribution in [0.25, 0.3) is 0 Å². The number of guanidine groups is 1. The molecule has 1 aliphatic heterocycles. The minimum atomic E-state index is 0.408. The van der Waals surface area contributed by atoms with Crippen LogP contribution in [0.5, 0.6) is 5.75 Å². The summed E-state index contributed by atoms with van der Waals surface area (Å²) in [5.41, 5.74) is 1.20. The number of piperidine rings is 1. The molecule has 2 saturated carbocycles. The van der Waals surface area contributed by atoms with Crippen molar-refractivity contribution in [3.63, 3.8) is 0 Å². The van der Waals surface area contributed by atoms with Gasteiger partial charge in [0, 0.05) is 44.3 Å². The van der Waals surface area contributed by atoms with E-state index in [1.54, 1.807) is 0 Å². The fourth-order valence-corrected chi connectivity index (χ4v) is 3.85. The topological polar surface area (TPSA) is 48.9 Å². The third kappa shape index (κ3) is 4.50. The number of benzene rings is 1. The molecule has 2 aliphatic carbocycles. The van der Waals surface area contributed by atoms with Gasteiger partial charge in [-0.1, -0.05) is 18.2 Å². The van der Waals surface area contributed by atoms with E-state index in [-0.39, 0.29) is 0 Å². The Morgan fingerprint density at radius 1 is 1.12 bits per heavy atom. The first-order valence-corrected chi connectivity index (χ1v) is 10.3. The second-order valence-corrected chi connectivity index (χ2v) is 7.89. The number of hydrogen-bond acceptors (Lipinski definition) is 3. The standard InChI is InChI=1S/C21H32N4O/c1-22-21(24-17-11-13-25(14-12-17)18-9-10-18)23-15-16-5-2-3-8-20(16)26-19-6-4-7-19/h2-3,5,8,17-19H,4,6-7,9-15H2,1H3,(H2,22,23,24). The van der Waals surface area contributed by atoms with Gasteiger partial charge < -0.3 is 20.3 Å². The Kier molecular flexibility index (Phi) is 5.63. The van der Waals surface area contributed by atoms with Gasteiger partial charge in [0.15, 0.2) is 5.96 Å². The van der Waals surface area contributed by atoms with Gasteiger partial charge in [-0.3, -0.25) is 4.99 Å². The van der Waals surface area contributed by atoms with Crippen LogP contribution in [0.15, 0.2) is 29.3 Å². The minimum Gasteiger partial charge on any atom is -0.490 e. The van der Waals surface area contributed by atoms with E-state index in [2.05, 4.69) is 44.8 Å². The first-order chi connectivity index (χ1) is 12.8. The van der Waals surface area contributed by atoms with Gasteiger partial charge in [-0.05, 0) is 51.0 Å². The first kappa shape index (κ1) is 17.7. The molecular formula is C21H32N4O. The van der Waals surface area contributed by atoms with Crippen LogP contribution >= 0.6 is 0 Å². The highest BCUT2D eigenvalue weighted by Gasteiger charge is 2.31. The van der Waals surface area contributed by atoms with E-state index in [1.165, 1.54) is 63.6 Å². The van der Waals surface area contributed by atoms with E-state index in [9.17, 15) is 0 Å². The average Bonchev–Trinajstić information content (AvgIpc) is 3.48. The maximum Gasteiger partial charge on any atom is 0.191 e. The summed E-state index contributed by atoms with van der Waals surface area (Å²) in [4.78, 5) is 7.08. The molecule has 3 fully saturated rings. The minimum absolute atomic E-state index is 0.408. The maximum absolute atomic E-state index is 6.13. The second kappa shape index (κ2) is 8.30. The molecule has 0 amide bonds. The van der Waals surface area contributed by atoms with Crippen molar-refractivity contribution >= 4 is 5.96 Å². The van der Waals surface area contributed by atoms with Gasteiger partial charge in [-0.2, -0.15) is 0 Å². The van der Waals surface area contributed by atoms with E-state index in [0.717, 1.165) is 24.3 Å². The molecule has 5 heteroatoms. The van der Waals surface area contributed by atoms with E-state index in [1.807, 2.05) is 7.05 Å². The lowest BCUT2D eigenvalue weighted by Gasteiger charge is -2.33. The van der Waals surface area contributed by atoms with Crippen LogP contribution < -0.4 is 15.4 Å². The quantitative estimate of drug-likeness (QED) is 0.608. The smallest absolute Gasteiger partial charge is 0.191 e. The Labute approximate surface area is 157 Å². The molecule has 1 aromatic carbocycles. The van der Waals surface area contributed by atoms with Crippen LogP contribution in [-0.4, -0.2) is 49.2 Å². The molecule has 0 spiro atoms. The molecule has 0 unspecified atom stereocenters. The molecule has 4 rings (SSSR count). The first-order valence-electron chi connectivity index (χ1n) is 10.3. The lowest BCUT2D eigenvalue weighted by molar-refractivity contribution is 0.119. The van der Waals surface area contributed by atoms with Gasteiger partial charge in [0.25, 0.3) is 0 Å².